The van der Waals surface area contributed by atoms with Crippen molar-refractivity contribution in [1.82, 2.24) is 0 Å². The summed E-state index contributed by atoms with van der Waals surface area (Å²) in [5.74, 6) is 0. The molecule has 0 aliphatic carbocycles. The van der Waals surface area contributed by atoms with E-state index in [1.807, 2.05) is 48.5 Å². The molecule has 36 heavy (non-hydrogen) atoms. The summed E-state index contributed by atoms with van der Waals surface area (Å²) < 4.78 is 113. The van der Waals surface area contributed by atoms with Crippen molar-refractivity contribution in [2.45, 2.75) is 0 Å². The normalized spacial score (nSPS) is 16.4. The molecule has 0 heteroatoms. The Morgan fingerprint density at radius 1 is 0.361 bits per heavy atom. The van der Waals surface area contributed by atoms with Crippen molar-refractivity contribution < 1.29 is 17.8 Å². The Kier molecular flexibility index (Phi) is 2.69. The molecule has 0 bridgehead atoms. The highest BCUT2D eigenvalue weighted by atomic mass is 14.2. The summed E-state index contributed by atoms with van der Waals surface area (Å²) >= 11 is 0. The molecule has 0 saturated carbocycles. The van der Waals surface area contributed by atoms with Gasteiger partial charge in [0.25, 0.3) is 0 Å². The Balaban J connectivity index is 1.74. The molecule has 0 aliphatic heterocycles. The van der Waals surface area contributed by atoms with Crippen LogP contribution in [-0.2, 0) is 0 Å². The molecule has 0 atom stereocenters. The molecule has 0 unspecified atom stereocenters. The van der Waals surface area contributed by atoms with Crippen molar-refractivity contribution in [3.63, 3.8) is 0 Å². The fraction of sp³-hybridized carbons (Fsp3) is 0. The zero-order chi connectivity index (χ0) is 35.2. The van der Waals surface area contributed by atoms with Crippen molar-refractivity contribution in [1.29, 1.82) is 0 Å². The van der Waals surface area contributed by atoms with E-state index in [0.29, 0.717) is 5.56 Å². The Labute approximate surface area is 229 Å². The zero-order valence-electron chi connectivity index (χ0n) is 31.9. The van der Waals surface area contributed by atoms with Gasteiger partial charge in [-0.15, -0.1) is 0 Å². The van der Waals surface area contributed by atoms with Gasteiger partial charge >= 0.3 is 0 Å². The summed E-state index contributed by atoms with van der Waals surface area (Å²) in [6.45, 7) is 0. The van der Waals surface area contributed by atoms with Gasteiger partial charge in [0.15, 0.2) is 0 Å². The third-order valence-corrected chi connectivity index (χ3v) is 6.36. The molecule has 0 amide bonds. The highest BCUT2D eigenvalue weighted by molar-refractivity contribution is 6.21. The second-order valence-corrected chi connectivity index (χ2v) is 8.39. The highest BCUT2D eigenvalue weighted by Gasteiger charge is 2.16. The van der Waals surface area contributed by atoms with E-state index in [4.69, 9.17) is 17.8 Å². The van der Waals surface area contributed by atoms with Crippen molar-refractivity contribution in [3.8, 4) is 33.4 Å². The highest BCUT2D eigenvalue weighted by Crippen LogP contribution is 2.44. The van der Waals surface area contributed by atoms with E-state index in [2.05, 4.69) is 0 Å². The van der Waals surface area contributed by atoms with Gasteiger partial charge in [-0.25, -0.2) is 0 Å². The van der Waals surface area contributed by atoms with Gasteiger partial charge in [0.1, 0.15) is 0 Å². The van der Waals surface area contributed by atoms with Crippen LogP contribution >= 0.6 is 0 Å². The summed E-state index contributed by atoms with van der Waals surface area (Å²) in [5, 5.41) is 1.35. The molecule has 0 fully saturated rings. The first-order valence-corrected chi connectivity index (χ1v) is 11.4. The summed E-state index contributed by atoms with van der Waals surface area (Å²) in [4.78, 5) is 0. The topological polar surface area (TPSA) is 0 Å². The van der Waals surface area contributed by atoms with E-state index in [9.17, 15) is 0 Å². The Morgan fingerprint density at radius 2 is 0.889 bits per heavy atom. The van der Waals surface area contributed by atoms with Gasteiger partial charge in [0.05, 0.1) is 17.8 Å². The number of hydrogen-bond acceptors (Lipinski definition) is 0. The third-order valence-electron chi connectivity index (χ3n) is 6.36. The lowest BCUT2D eigenvalue weighted by molar-refractivity contribution is 1.62. The van der Waals surface area contributed by atoms with Crippen molar-refractivity contribution >= 4 is 32.3 Å². The van der Waals surface area contributed by atoms with Crippen LogP contribution < -0.4 is 0 Å². The van der Waals surface area contributed by atoms with Gasteiger partial charge in [-0.1, -0.05) is 133 Å². The quantitative estimate of drug-likeness (QED) is 0.226. The minimum Gasteiger partial charge on any atom is -0.0622 e. The summed E-state index contributed by atoms with van der Waals surface area (Å²) in [6, 6.07) is 12.7. The molecular formula is C36H24. The average Bonchev–Trinajstić information content (AvgIpc) is 3.11. The number of hydrogen-bond donors (Lipinski definition) is 0. The maximum absolute atomic E-state index is 9.12. The van der Waals surface area contributed by atoms with Crippen molar-refractivity contribution in [3.05, 3.63) is 145 Å². The number of benzene rings is 7. The van der Waals surface area contributed by atoms with Crippen LogP contribution in [-0.4, -0.2) is 0 Å². The van der Waals surface area contributed by atoms with Gasteiger partial charge in [-0.2, -0.15) is 0 Å². The molecule has 0 aliphatic rings. The second-order valence-electron chi connectivity index (χ2n) is 8.39. The van der Waals surface area contributed by atoms with E-state index < -0.39 is 84.1 Å². The monoisotopic (exact) mass is 469 g/mol. The van der Waals surface area contributed by atoms with E-state index >= 15 is 0 Å². The summed E-state index contributed by atoms with van der Waals surface area (Å²) in [6.07, 6.45) is 0. The zero-order valence-corrected chi connectivity index (χ0v) is 18.9. The van der Waals surface area contributed by atoms with E-state index in [1.165, 1.54) is 0 Å². The molecule has 7 rings (SSSR count). The van der Waals surface area contributed by atoms with Gasteiger partial charge in [0.2, 0.25) is 0 Å². The average molecular weight is 470 g/mol. The van der Waals surface area contributed by atoms with Crippen LogP contribution in [0.15, 0.2) is 145 Å². The summed E-state index contributed by atoms with van der Waals surface area (Å²) in [7, 11) is 0. The molecular weight excluding hydrogens is 432 g/mol. The van der Waals surface area contributed by atoms with Crippen LogP contribution in [0.1, 0.15) is 17.8 Å². The first-order chi connectivity index (χ1) is 23.3. The molecule has 0 spiro atoms. The lowest BCUT2D eigenvalue weighted by Crippen LogP contribution is -1.91. The fourth-order valence-electron chi connectivity index (χ4n) is 4.76. The second kappa shape index (κ2) is 8.52. The van der Waals surface area contributed by atoms with E-state index in [1.54, 1.807) is 18.2 Å². The van der Waals surface area contributed by atoms with Crippen LogP contribution in [0.5, 0.6) is 0 Å². The molecule has 0 N–H and O–H groups in total. The maximum Gasteiger partial charge on any atom is 0.0629 e. The first kappa shape index (κ1) is 11.4. The first-order valence-electron chi connectivity index (χ1n) is 17.9. The van der Waals surface area contributed by atoms with Crippen molar-refractivity contribution in [2.24, 2.45) is 0 Å². The molecule has 168 valence electrons. The molecule has 0 heterocycles. The minimum absolute atomic E-state index is 0.0998. The standard InChI is InChI=1S/C36H24/c1-2-12-26(13-3-1)35-31-17-6-8-19-33(31)36(34-20-9-7-18-32(34)35)30-16-10-15-28(24-30)29-22-21-25-11-4-5-14-27(25)23-29/h1-24H/i1D,2D,3D,6D,7D,8D,9D,12D,13D,17D,18D,19D,20D. The predicted molar refractivity (Wildman–Crippen MR) is 155 cm³/mol. The number of rotatable bonds is 3. The smallest absolute Gasteiger partial charge is 0.0622 e. The maximum atomic E-state index is 9.12. The van der Waals surface area contributed by atoms with Gasteiger partial charge in [0, 0.05) is 0 Å². The van der Waals surface area contributed by atoms with Crippen LogP contribution in [0.2, 0.25) is 0 Å². The largest absolute Gasteiger partial charge is 0.0629 e. The molecule has 0 aromatic heterocycles. The van der Waals surface area contributed by atoms with E-state index in [0.717, 1.165) is 21.9 Å². The number of fused-ring (bicyclic) bond motifs is 3. The van der Waals surface area contributed by atoms with Gasteiger partial charge in [-0.3, -0.25) is 0 Å². The van der Waals surface area contributed by atoms with E-state index in [-0.39, 0.29) is 32.7 Å². The van der Waals surface area contributed by atoms with Crippen LogP contribution in [0.25, 0.3) is 65.7 Å². The van der Waals surface area contributed by atoms with Gasteiger partial charge < -0.3 is 0 Å². The molecule has 0 radical (unpaired) electrons. The van der Waals surface area contributed by atoms with Crippen LogP contribution in [0.4, 0.5) is 0 Å². The predicted octanol–water partition coefficient (Wildman–Crippen LogP) is 10.1. The SMILES string of the molecule is [2H]c1c([2H])c([2H])c(-c2c3c([2H])c([2H])c([2H])c([2H])c3c(-c3cccc(-c4ccc5ccccc5c4)c3)c3c([2H])c([2H])c([2H])c([2H])c23)c([2H])c1[2H]. The fourth-order valence-corrected chi connectivity index (χ4v) is 4.76. The Hall–Kier alpha value is -4.68. The lowest BCUT2D eigenvalue weighted by Gasteiger charge is -2.18. The van der Waals surface area contributed by atoms with Gasteiger partial charge in [-0.05, 0) is 77.8 Å². The van der Waals surface area contributed by atoms with Crippen LogP contribution in [0.3, 0.4) is 0 Å². The molecule has 0 nitrogen and oxygen atoms in total. The minimum atomic E-state index is -0.703. The molecule has 7 aromatic carbocycles. The van der Waals surface area contributed by atoms with Crippen LogP contribution in [0, 0.1) is 0 Å². The summed E-state index contributed by atoms with van der Waals surface area (Å²) in [5.41, 5.74) is 1.34. The Bertz CT molecular complexity index is 2480. The lowest BCUT2D eigenvalue weighted by atomic mass is 9.85. The molecule has 0 saturated heterocycles. The third kappa shape index (κ3) is 3.39. The Morgan fingerprint density at radius 3 is 1.56 bits per heavy atom. The van der Waals surface area contributed by atoms with Crippen molar-refractivity contribution in [2.75, 3.05) is 0 Å². The molecule has 7 aromatic rings.